The molecule has 1 fully saturated rings. The van der Waals surface area contributed by atoms with Crippen molar-refractivity contribution in [2.24, 2.45) is 5.92 Å². The second-order valence-corrected chi connectivity index (χ2v) is 7.04. The van der Waals surface area contributed by atoms with Gasteiger partial charge in [-0.2, -0.15) is 0 Å². The van der Waals surface area contributed by atoms with E-state index in [1.165, 1.54) is 4.90 Å². The SMILES string of the molecule is O=C(O)CCCCCCNC(=O)C1CCN(C(=O)c2ccc(F)cc2F)CC1. The van der Waals surface area contributed by atoms with Crippen molar-refractivity contribution in [1.82, 2.24) is 10.2 Å². The number of likely N-dealkylation sites (tertiary alicyclic amines) is 1. The minimum atomic E-state index is -0.881. The van der Waals surface area contributed by atoms with Gasteiger partial charge in [-0.3, -0.25) is 14.4 Å². The van der Waals surface area contributed by atoms with Crippen molar-refractivity contribution in [3.63, 3.8) is 0 Å². The third-order valence-electron chi connectivity index (χ3n) is 4.93. The van der Waals surface area contributed by atoms with Crippen LogP contribution in [-0.4, -0.2) is 47.4 Å². The predicted molar refractivity (Wildman–Crippen MR) is 98.7 cm³/mol. The van der Waals surface area contributed by atoms with Gasteiger partial charge in [-0.05, 0) is 37.8 Å². The molecule has 6 nitrogen and oxygen atoms in total. The van der Waals surface area contributed by atoms with Crippen molar-refractivity contribution in [3.05, 3.63) is 35.4 Å². The van der Waals surface area contributed by atoms with Gasteiger partial charge in [0.15, 0.2) is 0 Å². The Morgan fingerprint density at radius 3 is 2.39 bits per heavy atom. The Kier molecular flexibility index (Phi) is 8.35. The van der Waals surface area contributed by atoms with E-state index in [9.17, 15) is 23.2 Å². The van der Waals surface area contributed by atoms with Crippen molar-refractivity contribution in [2.45, 2.75) is 44.9 Å². The van der Waals surface area contributed by atoms with Crippen molar-refractivity contribution >= 4 is 17.8 Å². The monoisotopic (exact) mass is 396 g/mol. The first kappa shape index (κ1) is 21.8. The van der Waals surface area contributed by atoms with Crippen LogP contribution in [0.3, 0.4) is 0 Å². The Morgan fingerprint density at radius 2 is 1.75 bits per heavy atom. The maximum Gasteiger partial charge on any atom is 0.303 e. The van der Waals surface area contributed by atoms with E-state index in [4.69, 9.17) is 5.11 Å². The fourth-order valence-electron chi connectivity index (χ4n) is 3.29. The molecule has 2 rings (SSSR count). The Morgan fingerprint density at radius 1 is 1.07 bits per heavy atom. The van der Waals surface area contributed by atoms with Crippen molar-refractivity contribution in [2.75, 3.05) is 19.6 Å². The lowest BCUT2D eigenvalue weighted by atomic mass is 9.95. The van der Waals surface area contributed by atoms with Crippen LogP contribution in [0.4, 0.5) is 8.78 Å². The van der Waals surface area contributed by atoms with Crippen LogP contribution < -0.4 is 5.32 Å². The van der Waals surface area contributed by atoms with E-state index in [2.05, 4.69) is 5.32 Å². The molecular weight excluding hydrogens is 370 g/mol. The fraction of sp³-hybridized carbons (Fsp3) is 0.550. The van der Waals surface area contributed by atoms with Crippen molar-refractivity contribution in [1.29, 1.82) is 0 Å². The van der Waals surface area contributed by atoms with Crippen LogP contribution in [-0.2, 0) is 9.59 Å². The average Bonchev–Trinajstić information content (AvgIpc) is 2.66. The highest BCUT2D eigenvalue weighted by atomic mass is 19.1. The summed E-state index contributed by atoms with van der Waals surface area (Å²) in [7, 11) is 0. The molecule has 154 valence electrons. The summed E-state index contributed by atoms with van der Waals surface area (Å²) in [5.74, 6) is -3.13. The van der Waals surface area contributed by atoms with Crippen LogP contribution in [0.2, 0.25) is 0 Å². The molecule has 2 amide bonds. The van der Waals surface area contributed by atoms with Crippen molar-refractivity contribution in [3.8, 4) is 0 Å². The van der Waals surface area contributed by atoms with Crippen LogP contribution in [0.25, 0.3) is 0 Å². The summed E-state index contributed by atoms with van der Waals surface area (Å²) in [6.07, 6.45) is 4.30. The lowest BCUT2D eigenvalue weighted by Gasteiger charge is -2.31. The number of unbranched alkanes of at least 4 members (excludes halogenated alkanes) is 3. The first-order chi connectivity index (χ1) is 13.4. The van der Waals surface area contributed by atoms with E-state index < -0.39 is 23.5 Å². The number of halogens is 2. The van der Waals surface area contributed by atoms with Gasteiger partial charge in [-0.25, -0.2) is 8.78 Å². The molecule has 0 atom stereocenters. The number of nitrogens with zero attached hydrogens (tertiary/aromatic N) is 1. The number of piperidine rings is 1. The zero-order chi connectivity index (χ0) is 20.5. The summed E-state index contributed by atoms with van der Waals surface area (Å²) in [6, 6.07) is 2.88. The van der Waals surface area contributed by atoms with E-state index in [-0.39, 0.29) is 23.8 Å². The van der Waals surface area contributed by atoms with E-state index in [1.807, 2.05) is 0 Å². The molecule has 1 aromatic rings. The van der Waals surface area contributed by atoms with Gasteiger partial charge in [0.05, 0.1) is 5.56 Å². The number of nitrogens with one attached hydrogen (secondary N) is 1. The summed E-state index contributed by atoms with van der Waals surface area (Å²) in [5, 5.41) is 11.4. The highest BCUT2D eigenvalue weighted by Gasteiger charge is 2.28. The van der Waals surface area contributed by atoms with Gasteiger partial charge in [0.1, 0.15) is 11.6 Å². The first-order valence-electron chi connectivity index (χ1n) is 9.62. The average molecular weight is 396 g/mol. The number of rotatable bonds is 9. The summed E-state index contributed by atoms with van der Waals surface area (Å²) in [5.41, 5.74) is -0.160. The van der Waals surface area contributed by atoms with Gasteiger partial charge in [0.25, 0.3) is 5.91 Å². The molecule has 0 bridgehead atoms. The second-order valence-electron chi connectivity index (χ2n) is 7.04. The molecule has 1 saturated heterocycles. The van der Waals surface area contributed by atoms with Crippen LogP contribution in [0.5, 0.6) is 0 Å². The van der Waals surface area contributed by atoms with Gasteiger partial charge in [0.2, 0.25) is 5.91 Å². The number of aliphatic carboxylic acids is 1. The highest BCUT2D eigenvalue weighted by molar-refractivity contribution is 5.94. The number of carboxylic acids is 1. The maximum absolute atomic E-state index is 13.8. The van der Waals surface area contributed by atoms with E-state index >= 15 is 0 Å². The molecule has 0 radical (unpaired) electrons. The topological polar surface area (TPSA) is 86.7 Å². The summed E-state index contributed by atoms with van der Waals surface area (Å²) >= 11 is 0. The summed E-state index contributed by atoms with van der Waals surface area (Å²) in [6.45, 7) is 1.25. The number of amides is 2. The molecule has 0 aliphatic carbocycles. The number of carbonyl (C=O) groups excluding carboxylic acids is 2. The van der Waals surface area contributed by atoms with E-state index in [1.54, 1.807) is 0 Å². The van der Waals surface area contributed by atoms with Crippen LogP contribution in [0.1, 0.15) is 55.3 Å². The molecule has 0 saturated carbocycles. The number of carbonyl (C=O) groups is 3. The molecule has 28 heavy (non-hydrogen) atoms. The lowest BCUT2D eigenvalue weighted by molar-refractivity contribution is -0.137. The largest absolute Gasteiger partial charge is 0.481 e. The number of hydrogen-bond acceptors (Lipinski definition) is 3. The van der Waals surface area contributed by atoms with Gasteiger partial charge < -0.3 is 15.3 Å². The molecule has 1 aliphatic heterocycles. The fourth-order valence-corrected chi connectivity index (χ4v) is 3.29. The predicted octanol–water partition coefficient (Wildman–Crippen LogP) is 2.97. The molecule has 2 N–H and O–H groups in total. The number of benzene rings is 1. The molecule has 0 unspecified atom stereocenters. The molecular formula is C20H26F2N2O4. The minimum absolute atomic E-state index is 0.0504. The Balaban J connectivity index is 1.67. The third-order valence-corrected chi connectivity index (χ3v) is 4.93. The van der Waals surface area contributed by atoms with Crippen molar-refractivity contribution < 1.29 is 28.3 Å². The van der Waals surface area contributed by atoms with Gasteiger partial charge >= 0.3 is 5.97 Å². The molecule has 8 heteroatoms. The van der Waals surface area contributed by atoms with Gasteiger partial charge in [-0.15, -0.1) is 0 Å². The maximum atomic E-state index is 13.8. The van der Waals surface area contributed by atoms with Crippen LogP contribution in [0, 0.1) is 17.6 Å². The second kappa shape index (κ2) is 10.7. The molecule has 1 aliphatic rings. The van der Waals surface area contributed by atoms with Crippen LogP contribution >= 0.6 is 0 Å². The Bertz CT molecular complexity index is 703. The van der Waals surface area contributed by atoms with Gasteiger partial charge in [-0.1, -0.05) is 12.8 Å². The lowest BCUT2D eigenvalue weighted by Crippen LogP contribution is -2.43. The molecule has 0 spiro atoms. The highest BCUT2D eigenvalue weighted by Crippen LogP contribution is 2.20. The molecule has 1 heterocycles. The summed E-state index contributed by atoms with van der Waals surface area (Å²) in [4.78, 5) is 36.5. The molecule has 0 aromatic heterocycles. The minimum Gasteiger partial charge on any atom is -0.481 e. The quantitative estimate of drug-likeness (QED) is 0.629. The Hall–Kier alpha value is -2.51. The smallest absolute Gasteiger partial charge is 0.303 e. The summed E-state index contributed by atoms with van der Waals surface area (Å²) < 4.78 is 26.8. The first-order valence-corrected chi connectivity index (χ1v) is 9.62. The zero-order valence-corrected chi connectivity index (χ0v) is 15.8. The third kappa shape index (κ3) is 6.58. The van der Waals surface area contributed by atoms with E-state index in [0.29, 0.717) is 45.0 Å². The van der Waals surface area contributed by atoms with Gasteiger partial charge in [0, 0.05) is 38.0 Å². The Labute approximate surface area is 162 Å². The number of hydrogen-bond donors (Lipinski definition) is 2. The molecule has 1 aromatic carbocycles. The number of carboxylic acid groups (broad SMARTS) is 1. The normalized spacial score (nSPS) is 14.7. The van der Waals surface area contributed by atoms with E-state index in [0.717, 1.165) is 31.4 Å². The zero-order valence-electron chi connectivity index (χ0n) is 15.8. The van der Waals surface area contributed by atoms with Crippen LogP contribution in [0.15, 0.2) is 18.2 Å². The standard InChI is InChI=1S/C20H26F2N2O4/c21-15-6-7-16(17(22)13-15)20(28)24-11-8-14(9-12-24)19(27)23-10-4-2-1-3-5-18(25)26/h6-7,13-14H,1-5,8-12H2,(H,23,27)(H,25,26).